The van der Waals surface area contributed by atoms with Gasteiger partial charge in [0, 0.05) is 16.5 Å². The molecule has 0 aliphatic rings. The summed E-state index contributed by atoms with van der Waals surface area (Å²) >= 11 is 3.43. The van der Waals surface area contributed by atoms with Gasteiger partial charge in [0.15, 0.2) is 0 Å². The second-order valence-corrected chi connectivity index (χ2v) is 4.36. The van der Waals surface area contributed by atoms with Crippen LogP contribution in [-0.4, -0.2) is 0 Å². The fraction of sp³-hybridized carbons (Fsp3) is 0.133. The first-order valence-corrected chi connectivity index (χ1v) is 6.72. The van der Waals surface area contributed by atoms with Gasteiger partial charge in [-0.05, 0) is 12.1 Å². The van der Waals surface area contributed by atoms with Crippen molar-refractivity contribution in [2.75, 3.05) is 0 Å². The maximum absolute atomic E-state index is 9.00. The van der Waals surface area contributed by atoms with Crippen molar-refractivity contribution in [3.8, 4) is 11.8 Å². The quantitative estimate of drug-likeness (QED) is 0.799. The lowest BCUT2D eigenvalue weighted by molar-refractivity contribution is 0.303. The molecule has 0 spiro atoms. The summed E-state index contributed by atoms with van der Waals surface area (Å²) in [4.78, 5) is 0. The van der Waals surface area contributed by atoms with Gasteiger partial charge in [0.2, 0.25) is 0 Å². The summed E-state index contributed by atoms with van der Waals surface area (Å²) in [6, 6.07) is 17.5. The third-order valence-electron chi connectivity index (χ3n) is 2.64. The van der Waals surface area contributed by atoms with Crippen LogP contribution >= 0.6 is 15.9 Å². The van der Waals surface area contributed by atoms with Gasteiger partial charge < -0.3 is 4.74 Å². The normalized spacial score (nSPS) is 9.78. The molecule has 0 heterocycles. The summed E-state index contributed by atoms with van der Waals surface area (Å²) in [6.07, 6.45) is 0. The molecule has 0 aromatic heterocycles. The second kappa shape index (κ2) is 6.23. The lowest BCUT2D eigenvalue weighted by Gasteiger charge is -2.10. The third kappa shape index (κ3) is 2.91. The molecule has 0 bridgehead atoms. The Hall–Kier alpha value is -1.79. The number of nitrogens with zero attached hydrogens (tertiary/aromatic N) is 1. The first kappa shape index (κ1) is 12.7. The van der Waals surface area contributed by atoms with Crippen molar-refractivity contribution in [3.05, 3.63) is 65.2 Å². The summed E-state index contributed by atoms with van der Waals surface area (Å²) in [6.45, 7) is 0.410. The van der Waals surface area contributed by atoms with Crippen LogP contribution in [0.4, 0.5) is 0 Å². The zero-order valence-corrected chi connectivity index (χ0v) is 11.4. The van der Waals surface area contributed by atoms with Gasteiger partial charge in [0.05, 0.1) is 11.6 Å². The van der Waals surface area contributed by atoms with E-state index in [-0.39, 0.29) is 0 Å². The van der Waals surface area contributed by atoms with Crippen LogP contribution in [0.15, 0.2) is 48.5 Å². The number of nitriles is 1. The Balaban J connectivity index is 2.14. The standard InChI is InChI=1S/C15H12BrNO/c16-9-12-5-3-4-8-15(12)18-11-14-7-2-1-6-13(14)10-17/h1-8H,9,11H2. The van der Waals surface area contributed by atoms with E-state index < -0.39 is 0 Å². The van der Waals surface area contributed by atoms with E-state index in [0.717, 1.165) is 22.2 Å². The topological polar surface area (TPSA) is 33.0 Å². The SMILES string of the molecule is N#Cc1ccccc1COc1ccccc1CBr. The van der Waals surface area contributed by atoms with E-state index in [2.05, 4.69) is 22.0 Å². The predicted octanol–water partition coefficient (Wildman–Crippen LogP) is 4.03. The Morgan fingerprint density at radius 2 is 1.67 bits per heavy atom. The Morgan fingerprint density at radius 3 is 2.39 bits per heavy atom. The van der Waals surface area contributed by atoms with Crippen molar-refractivity contribution in [2.45, 2.75) is 11.9 Å². The van der Waals surface area contributed by atoms with Crippen LogP contribution in [0, 0.1) is 11.3 Å². The van der Waals surface area contributed by atoms with E-state index in [1.807, 2.05) is 42.5 Å². The van der Waals surface area contributed by atoms with E-state index in [9.17, 15) is 0 Å². The molecule has 0 radical (unpaired) electrons. The van der Waals surface area contributed by atoms with Crippen molar-refractivity contribution in [1.29, 1.82) is 5.26 Å². The van der Waals surface area contributed by atoms with Crippen LogP contribution in [0.3, 0.4) is 0 Å². The molecule has 0 saturated heterocycles. The Morgan fingerprint density at radius 1 is 1.00 bits per heavy atom. The van der Waals surface area contributed by atoms with E-state index in [0.29, 0.717) is 12.2 Å². The average Bonchev–Trinajstić information content (AvgIpc) is 2.45. The predicted molar refractivity (Wildman–Crippen MR) is 74.6 cm³/mol. The summed E-state index contributed by atoms with van der Waals surface area (Å²) in [5.74, 6) is 0.849. The van der Waals surface area contributed by atoms with Crippen LogP contribution in [-0.2, 0) is 11.9 Å². The number of hydrogen-bond acceptors (Lipinski definition) is 2. The molecule has 2 nitrogen and oxygen atoms in total. The number of rotatable bonds is 4. The number of halogens is 1. The first-order valence-electron chi connectivity index (χ1n) is 5.60. The van der Waals surface area contributed by atoms with Crippen LogP contribution in [0.25, 0.3) is 0 Å². The van der Waals surface area contributed by atoms with Crippen molar-refractivity contribution in [3.63, 3.8) is 0 Å². The lowest BCUT2D eigenvalue weighted by atomic mass is 10.1. The number of ether oxygens (including phenoxy) is 1. The van der Waals surface area contributed by atoms with E-state index >= 15 is 0 Å². The molecule has 2 aromatic carbocycles. The Kier molecular flexibility index (Phi) is 4.38. The molecular formula is C15H12BrNO. The zero-order chi connectivity index (χ0) is 12.8. The molecule has 18 heavy (non-hydrogen) atoms. The fourth-order valence-electron chi connectivity index (χ4n) is 1.67. The summed E-state index contributed by atoms with van der Waals surface area (Å²) in [7, 11) is 0. The second-order valence-electron chi connectivity index (χ2n) is 3.80. The lowest BCUT2D eigenvalue weighted by Crippen LogP contribution is -1.99. The minimum Gasteiger partial charge on any atom is -0.489 e. The molecule has 0 saturated carbocycles. The summed E-state index contributed by atoms with van der Waals surface area (Å²) in [5, 5.41) is 9.76. The fourth-order valence-corrected chi connectivity index (χ4v) is 2.13. The highest BCUT2D eigenvalue weighted by Gasteiger charge is 2.04. The highest BCUT2D eigenvalue weighted by atomic mass is 79.9. The van der Waals surface area contributed by atoms with E-state index in [4.69, 9.17) is 10.00 Å². The molecule has 0 amide bonds. The van der Waals surface area contributed by atoms with Crippen LogP contribution < -0.4 is 4.74 Å². The van der Waals surface area contributed by atoms with Crippen LogP contribution in [0.2, 0.25) is 0 Å². The minimum atomic E-state index is 0.410. The monoisotopic (exact) mass is 301 g/mol. The van der Waals surface area contributed by atoms with Gasteiger partial charge in [-0.1, -0.05) is 52.3 Å². The van der Waals surface area contributed by atoms with Crippen LogP contribution in [0.1, 0.15) is 16.7 Å². The summed E-state index contributed by atoms with van der Waals surface area (Å²) < 4.78 is 5.78. The molecule has 0 atom stereocenters. The van der Waals surface area contributed by atoms with E-state index in [1.165, 1.54) is 0 Å². The largest absolute Gasteiger partial charge is 0.489 e. The maximum atomic E-state index is 9.00. The maximum Gasteiger partial charge on any atom is 0.123 e. The Labute approximate surface area is 115 Å². The smallest absolute Gasteiger partial charge is 0.123 e. The molecule has 0 fully saturated rings. The molecular weight excluding hydrogens is 290 g/mol. The van der Waals surface area contributed by atoms with Crippen LogP contribution in [0.5, 0.6) is 5.75 Å². The number of hydrogen-bond donors (Lipinski definition) is 0. The molecule has 2 aromatic rings. The minimum absolute atomic E-state index is 0.410. The molecule has 3 heteroatoms. The van der Waals surface area contributed by atoms with Gasteiger partial charge >= 0.3 is 0 Å². The van der Waals surface area contributed by atoms with Gasteiger partial charge in [-0.2, -0.15) is 5.26 Å². The van der Waals surface area contributed by atoms with Gasteiger partial charge in [0.25, 0.3) is 0 Å². The van der Waals surface area contributed by atoms with Gasteiger partial charge in [-0.25, -0.2) is 0 Å². The molecule has 90 valence electrons. The van der Waals surface area contributed by atoms with E-state index in [1.54, 1.807) is 6.07 Å². The van der Waals surface area contributed by atoms with Crippen molar-refractivity contribution >= 4 is 15.9 Å². The highest BCUT2D eigenvalue weighted by Crippen LogP contribution is 2.22. The molecule has 0 unspecified atom stereocenters. The first-order chi connectivity index (χ1) is 8.85. The number of alkyl halides is 1. The highest BCUT2D eigenvalue weighted by molar-refractivity contribution is 9.08. The van der Waals surface area contributed by atoms with Crippen molar-refractivity contribution in [2.24, 2.45) is 0 Å². The Bertz CT molecular complexity index is 575. The number of para-hydroxylation sites is 1. The molecule has 0 aliphatic carbocycles. The van der Waals surface area contributed by atoms with Gasteiger partial charge in [-0.15, -0.1) is 0 Å². The zero-order valence-electron chi connectivity index (χ0n) is 9.77. The van der Waals surface area contributed by atoms with Crippen molar-refractivity contribution < 1.29 is 4.74 Å². The number of benzene rings is 2. The third-order valence-corrected chi connectivity index (χ3v) is 3.24. The molecule has 0 aliphatic heterocycles. The average molecular weight is 302 g/mol. The summed E-state index contributed by atoms with van der Waals surface area (Å²) in [5.41, 5.74) is 2.67. The molecule has 0 N–H and O–H groups in total. The van der Waals surface area contributed by atoms with Crippen molar-refractivity contribution in [1.82, 2.24) is 0 Å². The van der Waals surface area contributed by atoms with Gasteiger partial charge in [-0.3, -0.25) is 0 Å². The molecule has 2 rings (SSSR count). The van der Waals surface area contributed by atoms with Gasteiger partial charge in [0.1, 0.15) is 12.4 Å².